The number of rotatable bonds is 6. The van der Waals surface area contributed by atoms with Crippen LogP contribution in [0.2, 0.25) is 0 Å². The van der Waals surface area contributed by atoms with Crippen molar-refractivity contribution in [2.75, 3.05) is 17.6 Å². The van der Waals surface area contributed by atoms with Crippen LogP contribution in [0.25, 0.3) is 0 Å². The molecule has 0 aliphatic heterocycles. The predicted molar refractivity (Wildman–Crippen MR) is 72.2 cm³/mol. The van der Waals surface area contributed by atoms with Crippen LogP contribution >= 0.6 is 0 Å². The third kappa shape index (κ3) is 4.54. The summed E-state index contributed by atoms with van der Waals surface area (Å²) in [5.74, 6) is -2.32. The lowest BCUT2D eigenvalue weighted by molar-refractivity contribution is -0.136. The molecule has 7 nitrogen and oxygen atoms in total. The number of hydrogen-bond acceptors (Lipinski definition) is 5. The molecule has 0 radical (unpaired) electrons. The second kappa shape index (κ2) is 6.38. The summed E-state index contributed by atoms with van der Waals surface area (Å²) in [5.41, 5.74) is 1.03. The van der Waals surface area contributed by atoms with E-state index in [-0.39, 0.29) is 11.3 Å². The molecule has 8 heteroatoms. The van der Waals surface area contributed by atoms with E-state index in [1.165, 1.54) is 19.2 Å². The van der Waals surface area contributed by atoms with Crippen LogP contribution in [-0.4, -0.2) is 38.3 Å². The zero-order valence-corrected chi connectivity index (χ0v) is 11.9. The molecule has 2 N–H and O–H groups in total. The van der Waals surface area contributed by atoms with E-state index in [0.29, 0.717) is 5.56 Å². The number of esters is 1. The first-order chi connectivity index (χ1) is 9.25. The van der Waals surface area contributed by atoms with E-state index < -0.39 is 34.1 Å². The van der Waals surface area contributed by atoms with Crippen LogP contribution in [0.4, 0.5) is 5.69 Å². The standard InChI is InChI=1S/C12H15NO6S/c1-8-3-4-9(12(16)19-2)7-10(8)13-20(17,18)6-5-11(14)15/h3-4,7,13H,5-6H2,1-2H3,(H,14,15). The number of carbonyl (C=O) groups is 2. The summed E-state index contributed by atoms with van der Waals surface area (Å²) < 4.78 is 30.2. The number of nitrogens with one attached hydrogen (secondary N) is 1. The Bertz CT molecular complexity index is 623. The van der Waals surface area contributed by atoms with Gasteiger partial charge in [-0.3, -0.25) is 9.52 Å². The van der Waals surface area contributed by atoms with Crippen molar-refractivity contribution in [2.45, 2.75) is 13.3 Å². The average molecular weight is 301 g/mol. The van der Waals surface area contributed by atoms with Crippen LogP contribution in [0.3, 0.4) is 0 Å². The molecule has 0 fully saturated rings. The molecule has 0 atom stereocenters. The van der Waals surface area contributed by atoms with Crippen molar-refractivity contribution in [3.63, 3.8) is 0 Å². The van der Waals surface area contributed by atoms with Crippen molar-refractivity contribution in [1.29, 1.82) is 0 Å². The SMILES string of the molecule is COC(=O)c1ccc(C)c(NS(=O)(=O)CCC(=O)O)c1. The third-order valence-electron chi connectivity index (χ3n) is 2.51. The van der Waals surface area contributed by atoms with E-state index in [1.54, 1.807) is 13.0 Å². The number of sulfonamides is 1. The molecular weight excluding hydrogens is 286 g/mol. The highest BCUT2D eigenvalue weighted by Crippen LogP contribution is 2.19. The van der Waals surface area contributed by atoms with Gasteiger partial charge in [-0.1, -0.05) is 6.07 Å². The minimum absolute atomic E-state index is 0.203. The van der Waals surface area contributed by atoms with E-state index in [4.69, 9.17) is 5.11 Å². The van der Waals surface area contributed by atoms with E-state index in [2.05, 4.69) is 9.46 Å². The number of aliphatic carboxylic acids is 1. The van der Waals surface area contributed by atoms with Gasteiger partial charge in [0.15, 0.2) is 0 Å². The van der Waals surface area contributed by atoms with E-state index in [1.807, 2.05) is 0 Å². The van der Waals surface area contributed by atoms with Crippen molar-refractivity contribution in [1.82, 2.24) is 0 Å². The number of carbonyl (C=O) groups excluding carboxylic acids is 1. The maximum Gasteiger partial charge on any atom is 0.337 e. The average Bonchev–Trinajstić information content (AvgIpc) is 2.38. The minimum atomic E-state index is -3.78. The highest BCUT2D eigenvalue weighted by Gasteiger charge is 2.15. The first-order valence-corrected chi connectivity index (χ1v) is 7.31. The van der Waals surface area contributed by atoms with Gasteiger partial charge in [0.2, 0.25) is 10.0 Å². The Hall–Kier alpha value is -2.09. The van der Waals surface area contributed by atoms with Crippen LogP contribution < -0.4 is 4.72 Å². The number of anilines is 1. The summed E-state index contributed by atoms with van der Waals surface area (Å²) in [4.78, 5) is 21.8. The van der Waals surface area contributed by atoms with Crippen LogP contribution in [0.1, 0.15) is 22.3 Å². The molecule has 0 aromatic heterocycles. The molecule has 0 saturated heterocycles. The van der Waals surface area contributed by atoms with Crippen molar-refractivity contribution >= 4 is 27.6 Å². The zero-order chi connectivity index (χ0) is 15.3. The fraction of sp³-hybridized carbons (Fsp3) is 0.333. The van der Waals surface area contributed by atoms with Gasteiger partial charge in [0.25, 0.3) is 0 Å². The maximum atomic E-state index is 11.7. The van der Waals surface area contributed by atoms with Gasteiger partial charge in [-0.05, 0) is 24.6 Å². The van der Waals surface area contributed by atoms with E-state index in [9.17, 15) is 18.0 Å². The Balaban J connectivity index is 2.96. The fourth-order valence-electron chi connectivity index (χ4n) is 1.42. The van der Waals surface area contributed by atoms with Crippen LogP contribution in [0.15, 0.2) is 18.2 Å². The Morgan fingerprint density at radius 2 is 2.00 bits per heavy atom. The number of carboxylic acid groups (broad SMARTS) is 1. The molecule has 1 rings (SSSR count). The van der Waals surface area contributed by atoms with Crippen LogP contribution in [0, 0.1) is 6.92 Å². The molecule has 1 aromatic carbocycles. The number of hydrogen-bond donors (Lipinski definition) is 2. The van der Waals surface area contributed by atoms with Crippen molar-refractivity contribution in [3.05, 3.63) is 29.3 Å². The minimum Gasteiger partial charge on any atom is -0.481 e. The highest BCUT2D eigenvalue weighted by atomic mass is 32.2. The molecule has 0 amide bonds. The number of aryl methyl sites for hydroxylation is 1. The van der Waals surface area contributed by atoms with Gasteiger partial charge in [-0.2, -0.15) is 0 Å². The molecule has 0 aliphatic carbocycles. The first-order valence-electron chi connectivity index (χ1n) is 5.66. The Morgan fingerprint density at radius 1 is 1.35 bits per heavy atom. The van der Waals surface area contributed by atoms with E-state index in [0.717, 1.165) is 0 Å². The molecule has 20 heavy (non-hydrogen) atoms. The lowest BCUT2D eigenvalue weighted by Gasteiger charge is -2.11. The van der Waals surface area contributed by atoms with Gasteiger partial charge in [-0.15, -0.1) is 0 Å². The van der Waals surface area contributed by atoms with Crippen molar-refractivity contribution in [2.24, 2.45) is 0 Å². The molecule has 0 saturated carbocycles. The van der Waals surface area contributed by atoms with Gasteiger partial charge >= 0.3 is 11.9 Å². The molecule has 110 valence electrons. The van der Waals surface area contributed by atoms with Crippen LogP contribution in [0.5, 0.6) is 0 Å². The lowest BCUT2D eigenvalue weighted by atomic mass is 10.1. The second-order valence-corrected chi connectivity index (χ2v) is 5.93. The largest absolute Gasteiger partial charge is 0.481 e. The third-order valence-corrected chi connectivity index (χ3v) is 3.78. The molecule has 0 aliphatic rings. The Labute approximate surface area is 116 Å². The molecule has 1 aromatic rings. The van der Waals surface area contributed by atoms with Gasteiger partial charge in [-0.25, -0.2) is 13.2 Å². The van der Waals surface area contributed by atoms with E-state index >= 15 is 0 Å². The van der Waals surface area contributed by atoms with Gasteiger partial charge < -0.3 is 9.84 Å². The molecular formula is C12H15NO6S. The highest BCUT2D eigenvalue weighted by molar-refractivity contribution is 7.92. The van der Waals surface area contributed by atoms with Gasteiger partial charge in [0.05, 0.1) is 30.5 Å². The zero-order valence-electron chi connectivity index (χ0n) is 11.0. The molecule has 0 unspecified atom stereocenters. The van der Waals surface area contributed by atoms with Gasteiger partial charge in [0.1, 0.15) is 0 Å². The molecule has 0 spiro atoms. The smallest absolute Gasteiger partial charge is 0.337 e. The second-order valence-electron chi connectivity index (χ2n) is 4.09. The molecule has 0 heterocycles. The van der Waals surface area contributed by atoms with Crippen LogP contribution in [-0.2, 0) is 19.6 Å². The number of ether oxygens (including phenoxy) is 1. The van der Waals surface area contributed by atoms with Crippen molar-refractivity contribution < 1.29 is 27.9 Å². The Kier molecular flexibility index (Phi) is 5.09. The maximum absolute atomic E-state index is 11.7. The summed E-state index contributed by atoms with van der Waals surface area (Å²) >= 11 is 0. The fourth-order valence-corrected chi connectivity index (χ4v) is 2.52. The summed E-state index contributed by atoms with van der Waals surface area (Å²) in [6.07, 6.45) is -0.495. The summed E-state index contributed by atoms with van der Waals surface area (Å²) in [6, 6.07) is 4.43. The first kappa shape index (κ1) is 16.0. The summed E-state index contributed by atoms with van der Waals surface area (Å²) in [7, 11) is -2.56. The monoisotopic (exact) mass is 301 g/mol. The quantitative estimate of drug-likeness (QED) is 0.758. The number of carboxylic acids is 1. The summed E-state index contributed by atoms with van der Waals surface area (Å²) in [6.45, 7) is 1.66. The summed E-state index contributed by atoms with van der Waals surface area (Å²) in [5, 5.41) is 8.49. The topological polar surface area (TPSA) is 110 Å². The van der Waals surface area contributed by atoms with Crippen molar-refractivity contribution in [3.8, 4) is 0 Å². The normalized spacial score (nSPS) is 10.9. The number of benzene rings is 1. The lowest BCUT2D eigenvalue weighted by Crippen LogP contribution is -2.19. The molecule has 0 bridgehead atoms. The Morgan fingerprint density at radius 3 is 2.55 bits per heavy atom. The van der Waals surface area contributed by atoms with Gasteiger partial charge in [0, 0.05) is 0 Å². The number of methoxy groups -OCH3 is 1. The predicted octanol–water partition coefficient (Wildman–Crippen LogP) is 0.998.